The molecule has 2 fully saturated rings. The minimum atomic E-state index is -0.309. The van der Waals surface area contributed by atoms with Gasteiger partial charge in [-0.25, -0.2) is 0 Å². The molecule has 6 heteroatoms. The van der Waals surface area contributed by atoms with Gasteiger partial charge in [0, 0.05) is 38.0 Å². The summed E-state index contributed by atoms with van der Waals surface area (Å²) >= 11 is 0. The van der Waals surface area contributed by atoms with E-state index in [1.807, 2.05) is 28.9 Å². The van der Waals surface area contributed by atoms with E-state index in [1.54, 1.807) is 19.2 Å². The van der Waals surface area contributed by atoms with Crippen molar-refractivity contribution in [3.05, 3.63) is 29.8 Å². The number of carbonyl (C=O) groups is 2. The number of rotatable bonds is 5. The van der Waals surface area contributed by atoms with E-state index in [1.165, 1.54) is 0 Å². The van der Waals surface area contributed by atoms with Crippen LogP contribution in [0.2, 0.25) is 0 Å². The van der Waals surface area contributed by atoms with Gasteiger partial charge >= 0.3 is 0 Å². The molecule has 148 valence electrons. The van der Waals surface area contributed by atoms with Crippen LogP contribution in [0.3, 0.4) is 0 Å². The monoisotopic (exact) mass is 373 g/mol. The molecule has 2 atom stereocenters. The molecule has 1 N–H and O–H groups in total. The van der Waals surface area contributed by atoms with Gasteiger partial charge in [0.15, 0.2) is 0 Å². The molecule has 2 aliphatic heterocycles. The van der Waals surface area contributed by atoms with Crippen LogP contribution >= 0.6 is 0 Å². The summed E-state index contributed by atoms with van der Waals surface area (Å²) in [6, 6.07) is 7.08. The lowest BCUT2D eigenvalue weighted by Crippen LogP contribution is -2.60. The number of hydrogen-bond donors (Lipinski definition) is 1. The van der Waals surface area contributed by atoms with Gasteiger partial charge in [-0.15, -0.1) is 0 Å². The molecule has 0 unspecified atom stereocenters. The Kier molecular flexibility index (Phi) is 5.75. The molecule has 3 rings (SSSR count). The van der Waals surface area contributed by atoms with Crippen LogP contribution in [-0.4, -0.2) is 60.1 Å². The van der Waals surface area contributed by atoms with Crippen LogP contribution < -0.4 is 10.1 Å². The number of amides is 2. The van der Waals surface area contributed by atoms with Gasteiger partial charge in [-0.05, 0) is 37.1 Å². The third-order valence-electron chi connectivity index (χ3n) is 6.04. The molecule has 1 spiro atoms. The van der Waals surface area contributed by atoms with E-state index >= 15 is 0 Å². The molecular formula is C21H31N3O3. The number of piperidine rings is 1. The lowest BCUT2D eigenvalue weighted by Gasteiger charge is -2.45. The highest BCUT2D eigenvalue weighted by Gasteiger charge is 2.50. The number of methoxy groups -OCH3 is 1. The second-order valence-corrected chi connectivity index (χ2v) is 7.88. The quantitative estimate of drug-likeness (QED) is 0.861. The van der Waals surface area contributed by atoms with E-state index in [0.717, 1.165) is 31.6 Å². The van der Waals surface area contributed by atoms with Crippen molar-refractivity contribution in [3.63, 3.8) is 0 Å². The standard InChI is InChI=1S/C21H31N3O3/c1-5-15(2)14-24-19(25)16(3)22-21(24)10-12-23(13-11-21)20(26)17-6-8-18(27-4)9-7-17/h6-9,15-16,22H,5,10-14H2,1-4H3/t15-,16+/m1/s1. The maximum absolute atomic E-state index is 12.8. The maximum Gasteiger partial charge on any atom is 0.253 e. The van der Waals surface area contributed by atoms with Gasteiger partial charge in [0.05, 0.1) is 18.8 Å². The summed E-state index contributed by atoms with van der Waals surface area (Å²) in [5, 5.41) is 3.53. The first-order valence-corrected chi connectivity index (χ1v) is 9.92. The first-order valence-electron chi connectivity index (χ1n) is 9.92. The Balaban J connectivity index is 1.69. The number of ether oxygens (including phenoxy) is 1. The molecule has 0 aliphatic carbocycles. The number of hydrogen-bond acceptors (Lipinski definition) is 4. The summed E-state index contributed by atoms with van der Waals surface area (Å²) in [6.45, 7) is 8.36. The van der Waals surface area contributed by atoms with E-state index in [4.69, 9.17) is 4.74 Å². The molecule has 0 aromatic heterocycles. The molecule has 2 saturated heterocycles. The fraction of sp³-hybridized carbons (Fsp3) is 0.619. The SMILES string of the molecule is CC[C@@H](C)CN1C(=O)[C@H](C)NC12CCN(C(=O)c1ccc(OC)cc1)CC2. The molecule has 2 amide bonds. The van der Waals surface area contributed by atoms with Gasteiger partial charge in [0.1, 0.15) is 5.75 Å². The molecule has 6 nitrogen and oxygen atoms in total. The predicted molar refractivity (Wildman–Crippen MR) is 105 cm³/mol. The lowest BCUT2D eigenvalue weighted by atomic mass is 9.94. The van der Waals surface area contributed by atoms with Crippen LogP contribution in [0.15, 0.2) is 24.3 Å². The van der Waals surface area contributed by atoms with E-state index in [9.17, 15) is 9.59 Å². The van der Waals surface area contributed by atoms with Crippen LogP contribution in [0, 0.1) is 5.92 Å². The number of benzene rings is 1. The second-order valence-electron chi connectivity index (χ2n) is 7.88. The minimum absolute atomic E-state index is 0.0401. The molecule has 2 aliphatic rings. The Bertz CT molecular complexity index is 680. The first-order chi connectivity index (χ1) is 12.9. The summed E-state index contributed by atoms with van der Waals surface area (Å²) in [6.07, 6.45) is 2.58. The fourth-order valence-electron chi connectivity index (χ4n) is 4.10. The van der Waals surface area contributed by atoms with Crippen molar-refractivity contribution < 1.29 is 14.3 Å². The van der Waals surface area contributed by atoms with E-state index in [2.05, 4.69) is 19.2 Å². The Morgan fingerprint density at radius 1 is 1.30 bits per heavy atom. The Morgan fingerprint density at radius 3 is 2.48 bits per heavy atom. The van der Waals surface area contributed by atoms with E-state index < -0.39 is 0 Å². The Hall–Kier alpha value is -2.08. The molecule has 0 radical (unpaired) electrons. The summed E-state index contributed by atoms with van der Waals surface area (Å²) in [5.41, 5.74) is 0.364. The van der Waals surface area contributed by atoms with Gasteiger partial charge in [0.2, 0.25) is 5.91 Å². The highest BCUT2D eigenvalue weighted by Crippen LogP contribution is 2.33. The smallest absolute Gasteiger partial charge is 0.253 e. The van der Waals surface area contributed by atoms with Crippen LogP contribution in [0.4, 0.5) is 0 Å². The van der Waals surface area contributed by atoms with Gasteiger partial charge in [-0.1, -0.05) is 20.3 Å². The van der Waals surface area contributed by atoms with Crippen molar-refractivity contribution >= 4 is 11.8 Å². The normalized spacial score (nSPS) is 23.0. The predicted octanol–water partition coefficient (Wildman–Crippen LogP) is 2.49. The third-order valence-corrected chi connectivity index (χ3v) is 6.04. The lowest BCUT2D eigenvalue weighted by molar-refractivity contribution is -0.133. The number of nitrogens with zero attached hydrogens (tertiary/aromatic N) is 2. The Morgan fingerprint density at radius 2 is 1.93 bits per heavy atom. The maximum atomic E-state index is 12.8. The number of carbonyl (C=O) groups excluding carboxylic acids is 2. The van der Waals surface area contributed by atoms with Gasteiger partial charge < -0.3 is 14.5 Å². The molecule has 0 bridgehead atoms. The van der Waals surface area contributed by atoms with Crippen molar-refractivity contribution in [3.8, 4) is 5.75 Å². The van der Waals surface area contributed by atoms with Crippen LogP contribution in [0.1, 0.15) is 50.4 Å². The van der Waals surface area contributed by atoms with Crippen molar-refractivity contribution in [2.24, 2.45) is 5.92 Å². The summed E-state index contributed by atoms with van der Waals surface area (Å²) in [5.74, 6) is 1.44. The van der Waals surface area contributed by atoms with Crippen LogP contribution in [0.25, 0.3) is 0 Å². The van der Waals surface area contributed by atoms with Crippen molar-refractivity contribution in [1.29, 1.82) is 0 Å². The molecule has 1 aromatic rings. The summed E-state index contributed by atoms with van der Waals surface area (Å²) in [4.78, 5) is 29.5. The largest absolute Gasteiger partial charge is 0.497 e. The van der Waals surface area contributed by atoms with E-state index in [0.29, 0.717) is 24.6 Å². The zero-order valence-electron chi connectivity index (χ0n) is 16.8. The van der Waals surface area contributed by atoms with Gasteiger partial charge in [-0.3, -0.25) is 14.9 Å². The first kappa shape index (κ1) is 19.7. The van der Waals surface area contributed by atoms with Gasteiger partial charge in [0.25, 0.3) is 5.91 Å². The minimum Gasteiger partial charge on any atom is -0.497 e. The van der Waals surface area contributed by atoms with Crippen LogP contribution in [-0.2, 0) is 4.79 Å². The number of nitrogens with one attached hydrogen (secondary N) is 1. The third kappa shape index (κ3) is 3.81. The molecular weight excluding hydrogens is 342 g/mol. The van der Waals surface area contributed by atoms with Crippen molar-refractivity contribution in [2.75, 3.05) is 26.7 Å². The second kappa shape index (κ2) is 7.89. The molecule has 1 aromatic carbocycles. The average Bonchev–Trinajstić information content (AvgIpc) is 2.92. The zero-order chi connectivity index (χ0) is 19.6. The highest BCUT2D eigenvalue weighted by atomic mass is 16.5. The van der Waals surface area contributed by atoms with E-state index in [-0.39, 0.29) is 23.5 Å². The number of likely N-dealkylation sites (tertiary alicyclic amines) is 1. The molecule has 0 saturated carbocycles. The Labute approximate surface area is 161 Å². The topological polar surface area (TPSA) is 61.9 Å². The molecule has 27 heavy (non-hydrogen) atoms. The summed E-state index contributed by atoms with van der Waals surface area (Å²) < 4.78 is 5.16. The van der Waals surface area contributed by atoms with Crippen molar-refractivity contribution in [2.45, 2.75) is 51.7 Å². The summed E-state index contributed by atoms with van der Waals surface area (Å²) in [7, 11) is 1.61. The zero-order valence-corrected chi connectivity index (χ0v) is 16.8. The van der Waals surface area contributed by atoms with Gasteiger partial charge in [-0.2, -0.15) is 0 Å². The van der Waals surface area contributed by atoms with Crippen LogP contribution in [0.5, 0.6) is 5.75 Å². The fourth-order valence-corrected chi connectivity index (χ4v) is 4.10. The average molecular weight is 373 g/mol. The van der Waals surface area contributed by atoms with Crippen molar-refractivity contribution in [1.82, 2.24) is 15.1 Å². The molecule has 2 heterocycles. The highest BCUT2D eigenvalue weighted by molar-refractivity contribution is 5.94.